The number of rotatable bonds is 4. The summed E-state index contributed by atoms with van der Waals surface area (Å²) in [6.45, 7) is 2.32. The quantitative estimate of drug-likeness (QED) is 0.852. The zero-order chi connectivity index (χ0) is 15.6. The maximum absolute atomic E-state index is 12.2. The van der Waals surface area contributed by atoms with Crippen molar-refractivity contribution in [3.63, 3.8) is 0 Å². The molecule has 1 fully saturated rings. The molecule has 0 radical (unpaired) electrons. The molecule has 0 aliphatic heterocycles. The molecule has 116 valence electrons. The molecule has 1 aliphatic carbocycles. The molecule has 0 saturated heterocycles. The van der Waals surface area contributed by atoms with Crippen LogP contribution in [-0.2, 0) is 18.4 Å². The maximum Gasteiger partial charge on any atom is 0.332 e. The largest absolute Gasteiger partial charge is 0.383 e. The molecule has 2 rings (SSSR count). The first-order chi connectivity index (χ1) is 9.97. The normalized spacial score (nSPS) is 15.3. The topological polar surface area (TPSA) is 99.1 Å². The van der Waals surface area contributed by atoms with Crippen LogP contribution < -0.4 is 22.3 Å². The van der Waals surface area contributed by atoms with Crippen molar-refractivity contribution in [1.29, 1.82) is 0 Å². The summed E-state index contributed by atoms with van der Waals surface area (Å²) >= 11 is 0. The summed E-state index contributed by atoms with van der Waals surface area (Å²) in [5, 5.41) is 2.63. The number of carbonyl (C=O) groups is 1. The summed E-state index contributed by atoms with van der Waals surface area (Å²) in [4.78, 5) is 36.4. The van der Waals surface area contributed by atoms with Crippen molar-refractivity contribution in [2.24, 2.45) is 13.0 Å². The average molecular weight is 294 g/mol. The van der Waals surface area contributed by atoms with Gasteiger partial charge in [0.1, 0.15) is 11.5 Å². The van der Waals surface area contributed by atoms with Crippen molar-refractivity contribution in [2.75, 3.05) is 11.1 Å². The molecule has 1 aliphatic rings. The Kier molecular flexibility index (Phi) is 4.50. The zero-order valence-corrected chi connectivity index (χ0v) is 12.5. The van der Waals surface area contributed by atoms with Gasteiger partial charge in [0.15, 0.2) is 0 Å². The number of nitrogens with two attached hydrogens (primary N) is 1. The van der Waals surface area contributed by atoms with Gasteiger partial charge >= 0.3 is 5.69 Å². The van der Waals surface area contributed by atoms with Gasteiger partial charge in [0, 0.05) is 19.5 Å². The molecule has 0 atom stereocenters. The molecule has 21 heavy (non-hydrogen) atoms. The van der Waals surface area contributed by atoms with Crippen molar-refractivity contribution in [3.8, 4) is 0 Å². The average Bonchev–Trinajstić information content (AvgIpc) is 3.00. The fraction of sp³-hybridized carbons (Fsp3) is 0.643. The first-order valence-electron chi connectivity index (χ1n) is 7.37. The fourth-order valence-corrected chi connectivity index (χ4v) is 2.75. The molecule has 1 heterocycles. The predicted molar refractivity (Wildman–Crippen MR) is 81.2 cm³/mol. The lowest BCUT2D eigenvalue weighted by Gasteiger charge is -2.16. The fourth-order valence-electron chi connectivity index (χ4n) is 2.75. The third-order valence-electron chi connectivity index (χ3n) is 4.00. The van der Waals surface area contributed by atoms with Gasteiger partial charge in [-0.2, -0.15) is 0 Å². The van der Waals surface area contributed by atoms with Crippen molar-refractivity contribution < 1.29 is 4.79 Å². The van der Waals surface area contributed by atoms with Gasteiger partial charge in [0.05, 0.1) is 0 Å². The second-order valence-corrected chi connectivity index (χ2v) is 5.53. The number of hydrogen-bond donors (Lipinski definition) is 2. The highest BCUT2D eigenvalue weighted by Gasteiger charge is 2.25. The summed E-state index contributed by atoms with van der Waals surface area (Å²) in [7, 11) is 1.39. The van der Waals surface area contributed by atoms with E-state index < -0.39 is 11.2 Å². The molecule has 1 saturated carbocycles. The summed E-state index contributed by atoms with van der Waals surface area (Å²) in [5.74, 6) is -0.213. The highest BCUT2D eigenvalue weighted by molar-refractivity contribution is 5.94. The van der Waals surface area contributed by atoms with E-state index in [0.717, 1.165) is 30.3 Å². The van der Waals surface area contributed by atoms with Crippen molar-refractivity contribution >= 4 is 17.4 Å². The molecule has 7 heteroatoms. The monoisotopic (exact) mass is 294 g/mol. The Balaban J connectivity index is 2.40. The number of amides is 1. The molecule has 1 aromatic heterocycles. The molecular formula is C14H22N4O3. The molecular weight excluding hydrogens is 272 g/mol. The minimum Gasteiger partial charge on any atom is -0.383 e. The standard InChI is InChI=1S/C14H22N4O3/c1-3-8-18-11(15)10(13(20)17(2)14(18)21)16-12(19)9-6-4-5-7-9/h9H,3-8,15H2,1-2H3,(H,16,19). The smallest absolute Gasteiger partial charge is 0.332 e. The van der Waals surface area contributed by atoms with Crippen LogP contribution in [0.3, 0.4) is 0 Å². The molecule has 0 unspecified atom stereocenters. The van der Waals surface area contributed by atoms with Crippen LogP contribution in [0.25, 0.3) is 0 Å². The minimum atomic E-state index is -0.559. The molecule has 0 aromatic carbocycles. The zero-order valence-electron chi connectivity index (χ0n) is 12.5. The van der Waals surface area contributed by atoms with Crippen LogP contribution >= 0.6 is 0 Å². The summed E-state index contributed by atoms with van der Waals surface area (Å²) in [5.41, 5.74) is 4.92. The van der Waals surface area contributed by atoms with Crippen molar-refractivity contribution in [3.05, 3.63) is 20.8 Å². The van der Waals surface area contributed by atoms with Crippen molar-refractivity contribution in [1.82, 2.24) is 9.13 Å². The van der Waals surface area contributed by atoms with Gasteiger partial charge in [-0.05, 0) is 19.3 Å². The molecule has 3 N–H and O–H groups in total. The van der Waals surface area contributed by atoms with E-state index in [9.17, 15) is 14.4 Å². The number of hydrogen-bond acceptors (Lipinski definition) is 4. The van der Waals surface area contributed by atoms with E-state index in [1.165, 1.54) is 11.6 Å². The van der Waals surface area contributed by atoms with Crippen LogP contribution in [0.2, 0.25) is 0 Å². The second kappa shape index (κ2) is 6.15. The van der Waals surface area contributed by atoms with E-state index in [1.54, 1.807) is 0 Å². The number of nitrogen functional groups attached to an aromatic ring is 1. The second-order valence-electron chi connectivity index (χ2n) is 5.53. The number of nitrogens with one attached hydrogen (secondary N) is 1. The van der Waals surface area contributed by atoms with Gasteiger partial charge < -0.3 is 11.1 Å². The Morgan fingerprint density at radius 1 is 1.33 bits per heavy atom. The summed E-state index contributed by atoms with van der Waals surface area (Å²) < 4.78 is 2.31. The van der Waals surface area contributed by atoms with Gasteiger partial charge in [-0.1, -0.05) is 19.8 Å². The number of nitrogens with zero attached hydrogens (tertiary/aromatic N) is 2. The van der Waals surface area contributed by atoms with E-state index >= 15 is 0 Å². The van der Waals surface area contributed by atoms with Gasteiger partial charge in [-0.15, -0.1) is 0 Å². The molecule has 1 aromatic rings. The summed E-state index contributed by atoms with van der Waals surface area (Å²) in [6.07, 6.45) is 4.43. The number of anilines is 2. The van der Waals surface area contributed by atoms with Crippen LogP contribution in [0.5, 0.6) is 0 Å². The third-order valence-corrected chi connectivity index (χ3v) is 4.00. The lowest BCUT2D eigenvalue weighted by Crippen LogP contribution is -2.41. The minimum absolute atomic E-state index is 0.0162. The van der Waals surface area contributed by atoms with Gasteiger partial charge in [0.25, 0.3) is 5.56 Å². The predicted octanol–water partition coefficient (Wildman–Crippen LogP) is 0.668. The van der Waals surface area contributed by atoms with Crippen molar-refractivity contribution in [2.45, 2.75) is 45.6 Å². The van der Waals surface area contributed by atoms with E-state index in [1.807, 2.05) is 6.92 Å². The Labute approximate surface area is 122 Å². The van der Waals surface area contributed by atoms with E-state index in [4.69, 9.17) is 5.73 Å². The Morgan fingerprint density at radius 2 is 1.95 bits per heavy atom. The van der Waals surface area contributed by atoms with Gasteiger partial charge in [-0.3, -0.25) is 18.7 Å². The van der Waals surface area contributed by atoms with Crippen LogP contribution in [0.1, 0.15) is 39.0 Å². The lowest BCUT2D eigenvalue weighted by atomic mass is 10.1. The highest BCUT2D eigenvalue weighted by atomic mass is 16.2. The Morgan fingerprint density at radius 3 is 2.52 bits per heavy atom. The molecule has 1 amide bonds. The van der Waals surface area contributed by atoms with E-state index in [2.05, 4.69) is 5.32 Å². The number of carbonyl (C=O) groups excluding carboxylic acids is 1. The number of aromatic nitrogens is 2. The highest BCUT2D eigenvalue weighted by Crippen LogP contribution is 2.26. The summed E-state index contributed by atoms with van der Waals surface area (Å²) in [6, 6.07) is 0. The van der Waals surface area contributed by atoms with Crippen LogP contribution in [0.4, 0.5) is 11.5 Å². The SMILES string of the molecule is CCCn1c(N)c(NC(=O)C2CCCC2)c(=O)n(C)c1=O. The molecule has 0 bridgehead atoms. The maximum atomic E-state index is 12.2. The Bertz CT molecular complexity index is 653. The first kappa shape index (κ1) is 15.3. The van der Waals surface area contributed by atoms with Crippen LogP contribution in [0.15, 0.2) is 9.59 Å². The molecule has 0 spiro atoms. The molecule has 7 nitrogen and oxygen atoms in total. The lowest BCUT2D eigenvalue weighted by molar-refractivity contribution is -0.119. The van der Waals surface area contributed by atoms with Crippen LogP contribution in [0, 0.1) is 5.92 Å². The Hall–Kier alpha value is -2.05. The first-order valence-corrected chi connectivity index (χ1v) is 7.37. The van der Waals surface area contributed by atoms with E-state index in [0.29, 0.717) is 13.0 Å². The van der Waals surface area contributed by atoms with E-state index in [-0.39, 0.29) is 23.3 Å². The van der Waals surface area contributed by atoms with Gasteiger partial charge in [0.2, 0.25) is 5.91 Å². The van der Waals surface area contributed by atoms with Crippen LogP contribution in [-0.4, -0.2) is 15.0 Å². The van der Waals surface area contributed by atoms with Gasteiger partial charge in [-0.25, -0.2) is 4.79 Å². The third kappa shape index (κ3) is 2.86.